The van der Waals surface area contributed by atoms with Crippen molar-refractivity contribution in [3.8, 4) is 5.75 Å². The predicted octanol–water partition coefficient (Wildman–Crippen LogP) is 2.17. The van der Waals surface area contributed by atoms with Gasteiger partial charge in [0.1, 0.15) is 5.75 Å². The molecule has 2 N–H and O–H groups in total. The van der Waals surface area contributed by atoms with E-state index in [2.05, 4.69) is 6.92 Å². The molecule has 0 aromatic heterocycles. The molecular weight excluding hydrogens is 276 g/mol. The van der Waals surface area contributed by atoms with E-state index in [0.717, 1.165) is 24.3 Å². The number of hydrogen-bond acceptors (Lipinski definition) is 3. The zero-order chi connectivity index (χ0) is 13.8. The number of methoxy groups -OCH3 is 1. The van der Waals surface area contributed by atoms with Crippen molar-refractivity contribution in [3.05, 3.63) is 29.8 Å². The highest BCUT2D eigenvalue weighted by Crippen LogP contribution is 2.24. The normalized spacial score (nSPS) is 19.4. The minimum absolute atomic E-state index is 0. The lowest BCUT2D eigenvalue weighted by Crippen LogP contribution is -2.32. The first-order chi connectivity index (χ1) is 9.10. The van der Waals surface area contributed by atoms with Crippen LogP contribution in [-0.2, 0) is 4.79 Å². The highest BCUT2D eigenvalue weighted by molar-refractivity contribution is 5.85. The molecular formula is C15H23ClN2O2. The molecule has 1 aliphatic rings. The molecule has 1 amide bonds. The van der Waals surface area contributed by atoms with E-state index in [-0.39, 0.29) is 30.3 Å². The van der Waals surface area contributed by atoms with E-state index in [0.29, 0.717) is 13.0 Å². The summed E-state index contributed by atoms with van der Waals surface area (Å²) in [6.45, 7) is 3.57. The van der Waals surface area contributed by atoms with Crippen molar-refractivity contribution < 1.29 is 9.53 Å². The van der Waals surface area contributed by atoms with Gasteiger partial charge >= 0.3 is 0 Å². The Morgan fingerprint density at radius 2 is 2.30 bits per heavy atom. The van der Waals surface area contributed by atoms with Gasteiger partial charge in [-0.15, -0.1) is 12.4 Å². The summed E-state index contributed by atoms with van der Waals surface area (Å²) in [5, 5.41) is 0. The Balaban J connectivity index is 0.00000200. The van der Waals surface area contributed by atoms with Gasteiger partial charge in [0.25, 0.3) is 0 Å². The van der Waals surface area contributed by atoms with Crippen LogP contribution in [0.2, 0.25) is 0 Å². The smallest absolute Gasteiger partial charge is 0.223 e. The summed E-state index contributed by atoms with van der Waals surface area (Å²) < 4.78 is 5.21. The van der Waals surface area contributed by atoms with Gasteiger partial charge in [0.05, 0.1) is 7.11 Å². The Morgan fingerprint density at radius 1 is 1.55 bits per heavy atom. The van der Waals surface area contributed by atoms with Crippen molar-refractivity contribution in [2.24, 2.45) is 5.73 Å². The van der Waals surface area contributed by atoms with E-state index in [4.69, 9.17) is 10.5 Å². The molecule has 0 aliphatic carbocycles. The number of rotatable bonds is 4. The van der Waals surface area contributed by atoms with Gasteiger partial charge in [0.2, 0.25) is 5.91 Å². The summed E-state index contributed by atoms with van der Waals surface area (Å²) in [6.07, 6.45) is 1.44. The third-order valence-electron chi connectivity index (χ3n) is 3.72. The Hall–Kier alpha value is -1.26. The molecule has 1 aromatic carbocycles. The fourth-order valence-corrected chi connectivity index (χ4v) is 2.47. The van der Waals surface area contributed by atoms with Gasteiger partial charge in [0, 0.05) is 25.6 Å². The van der Waals surface area contributed by atoms with Crippen LogP contribution in [0.5, 0.6) is 5.75 Å². The Morgan fingerprint density at radius 3 is 2.90 bits per heavy atom. The molecule has 1 aromatic rings. The highest BCUT2D eigenvalue weighted by atomic mass is 35.5. The number of likely N-dealkylation sites (tertiary alicyclic amines) is 1. The molecule has 20 heavy (non-hydrogen) atoms. The van der Waals surface area contributed by atoms with Crippen LogP contribution < -0.4 is 10.5 Å². The second-order valence-electron chi connectivity index (χ2n) is 5.27. The number of carbonyl (C=O) groups is 1. The summed E-state index contributed by atoms with van der Waals surface area (Å²) >= 11 is 0. The number of benzene rings is 1. The van der Waals surface area contributed by atoms with Crippen LogP contribution in [0, 0.1) is 0 Å². The summed E-state index contributed by atoms with van der Waals surface area (Å²) in [5.41, 5.74) is 6.97. The molecule has 5 heteroatoms. The number of amides is 1. The molecule has 2 rings (SSSR count). The van der Waals surface area contributed by atoms with Gasteiger partial charge in [0.15, 0.2) is 0 Å². The number of hydrogen-bond donors (Lipinski definition) is 1. The summed E-state index contributed by atoms with van der Waals surface area (Å²) in [5.74, 6) is 1.22. The topological polar surface area (TPSA) is 55.6 Å². The lowest BCUT2D eigenvalue weighted by atomic mass is 9.97. The van der Waals surface area contributed by atoms with Gasteiger partial charge in [-0.25, -0.2) is 0 Å². The van der Waals surface area contributed by atoms with E-state index in [1.165, 1.54) is 0 Å². The first-order valence-electron chi connectivity index (χ1n) is 6.77. The number of nitrogens with two attached hydrogens (primary N) is 1. The Kier molecular flexibility index (Phi) is 6.30. The van der Waals surface area contributed by atoms with Crippen LogP contribution in [0.15, 0.2) is 24.3 Å². The monoisotopic (exact) mass is 298 g/mol. The van der Waals surface area contributed by atoms with E-state index in [1.807, 2.05) is 29.2 Å². The van der Waals surface area contributed by atoms with Gasteiger partial charge in [-0.3, -0.25) is 4.79 Å². The Labute approximate surface area is 126 Å². The van der Waals surface area contributed by atoms with E-state index in [9.17, 15) is 4.79 Å². The van der Waals surface area contributed by atoms with Gasteiger partial charge in [-0.1, -0.05) is 19.1 Å². The van der Waals surface area contributed by atoms with Crippen LogP contribution in [0.3, 0.4) is 0 Å². The summed E-state index contributed by atoms with van der Waals surface area (Å²) in [7, 11) is 1.65. The zero-order valence-electron chi connectivity index (χ0n) is 12.0. The second kappa shape index (κ2) is 7.50. The SMILES string of the molecule is COc1cccc(C(C)CC(=O)N2CC[C@@H](N)C2)c1.Cl. The maximum absolute atomic E-state index is 12.2. The summed E-state index contributed by atoms with van der Waals surface area (Å²) in [4.78, 5) is 14.0. The molecule has 0 bridgehead atoms. The average molecular weight is 299 g/mol. The molecule has 2 atom stereocenters. The van der Waals surface area contributed by atoms with Crippen molar-refractivity contribution >= 4 is 18.3 Å². The van der Waals surface area contributed by atoms with Crippen molar-refractivity contribution in [1.29, 1.82) is 0 Å². The average Bonchev–Trinajstić information content (AvgIpc) is 2.85. The molecule has 0 radical (unpaired) electrons. The molecule has 1 aliphatic heterocycles. The van der Waals surface area contributed by atoms with Crippen molar-refractivity contribution in [2.75, 3.05) is 20.2 Å². The lowest BCUT2D eigenvalue weighted by Gasteiger charge is -2.19. The third kappa shape index (κ3) is 4.12. The van der Waals surface area contributed by atoms with Crippen LogP contribution in [0.25, 0.3) is 0 Å². The highest BCUT2D eigenvalue weighted by Gasteiger charge is 2.24. The van der Waals surface area contributed by atoms with E-state index in [1.54, 1.807) is 7.11 Å². The minimum Gasteiger partial charge on any atom is -0.497 e. The zero-order valence-corrected chi connectivity index (χ0v) is 12.9. The van der Waals surface area contributed by atoms with E-state index >= 15 is 0 Å². The quantitative estimate of drug-likeness (QED) is 0.927. The molecule has 1 heterocycles. The maximum atomic E-state index is 12.2. The minimum atomic E-state index is 0. The van der Waals surface area contributed by atoms with Crippen LogP contribution in [0.4, 0.5) is 0 Å². The number of nitrogens with zero attached hydrogens (tertiary/aromatic N) is 1. The van der Waals surface area contributed by atoms with Gasteiger partial charge in [-0.05, 0) is 30.0 Å². The largest absolute Gasteiger partial charge is 0.497 e. The van der Waals surface area contributed by atoms with Crippen molar-refractivity contribution in [2.45, 2.75) is 31.7 Å². The number of carbonyl (C=O) groups excluding carboxylic acids is 1. The summed E-state index contributed by atoms with van der Waals surface area (Å²) in [6, 6.07) is 8.05. The number of ether oxygens (including phenoxy) is 1. The standard InChI is InChI=1S/C15H22N2O2.ClH/c1-11(12-4-3-5-14(9-12)19-2)8-15(18)17-7-6-13(16)10-17;/h3-5,9,11,13H,6-8,10,16H2,1-2H3;1H/t11?,13-;/m1./s1. The first kappa shape index (κ1) is 16.8. The second-order valence-corrected chi connectivity index (χ2v) is 5.27. The molecule has 1 saturated heterocycles. The molecule has 0 saturated carbocycles. The fourth-order valence-electron chi connectivity index (χ4n) is 2.47. The van der Waals surface area contributed by atoms with Crippen LogP contribution >= 0.6 is 12.4 Å². The maximum Gasteiger partial charge on any atom is 0.223 e. The Bertz CT molecular complexity index is 453. The van der Waals surface area contributed by atoms with Crippen molar-refractivity contribution in [3.63, 3.8) is 0 Å². The van der Waals surface area contributed by atoms with Crippen LogP contribution in [0.1, 0.15) is 31.2 Å². The predicted molar refractivity (Wildman–Crippen MR) is 82.4 cm³/mol. The molecule has 4 nitrogen and oxygen atoms in total. The lowest BCUT2D eigenvalue weighted by molar-refractivity contribution is -0.130. The third-order valence-corrected chi connectivity index (χ3v) is 3.72. The van der Waals surface area contributed by atoms with Gasteiger partial charge in [-0.2, -0.15) is 0 Å². The first-order valence-corrected chi connectivity index (χ1v) is 6.77. The molecule has 0 spiro atoms. The van der Waals surface area contributed by atoms with Gasteiger partial charge < -0.3 is 15.4 Å². The van der Waals surface area contributed by atoms with Crippen molar-refractivity contribution in [1.82, 2.24) is 4.90 Å². The molecule has 1 unspecified atom stereocenters. The number of halogens is 1. The molecule has 112 valence electrons. The van der Waals surface area contributed by atoms with E-state index < -0.39 is 0 Å². The fraction of sp³-hybridized carbons (Fsp3) is 0.533. The van der Waals surface area contributed by atoms with Crippen LogP contribution in [-0.4, -0.2) is 37.0 Å². The molecule has 1 fully saturated rings.